The van der Waals surface area contributed by atoms with E-state index < -0.39 is 0 Å². The van der Waals surface area contributed by atoms with Crippen LogP contribution in [0.25, 0.3) is 0 Å². The molecule has 1 aromatic carbocycles. The lowest BCUT2D eigenvalue weighted by molar-refractivity contribution is -0.128. The van der Waals surface area contributed by atoms with E-state index in [2.05, 4.69) is 16.0 Å². The molecule has 2 saturated heterocycles. The molecule has 0 radical (unpaired) electrons. The highest BCUT2D eigenvalue weighted by Gasteiger charge is 2.44. The molecule has 1 amide bonds. The van der Waals surface area contributed by atoms with Gasteiger partial charge in [-0.1, -0.05) is 18.2 Å². The molecule has 1 spiro atoms. The molecule has 5 heteroatoms. The fourth-order valence-electron chi connectivity index (χ4n) is 4.22. The average molecular weight is 353 g/mol. The van der Waals surface area contributed by atoms with Gasteiger partial charge < -0.3 is 4.90 Å². The maximum Gasteiger partial charge on any atom is 0.223 e. The van der Waals surface area contributed by atoms with Crippen LogP contribution in [0.4, 0.5) is 4.39 Å². The van der Waals surface area contributed by atoms with E-state index in [1.807, 2.05) is 29.3 Å². The fourth-order valence-corrected chi connectivity index (χ4v) is 4.22. The van der Waals surface area contributed by atoms with Crippen LogP contribution >= 0.6 is 0 Å². The molecule has 1 aromatic heterocycles. The van der Waals surface area contributed by atoms with E-state index in [0.717, 1.165) is 50.3 Å². The molecule has 0 bridgehead atoms. The number of nitrogens with zero attached hydrogens (tertiary/aromatic N) is 3. The first-order valence-corrected chi connectivity index (χ1v) is 9.26. The van der Waals surface area contributed by atoms with Crippen LogP contribution in [0, 0.1) is 11.2 Å². The molecule has 0 N–H and O–H groups in total. The summed E-state index contributed by atoms with van der Waals surface area (Å²) in [6.07, 6.45) is 4.52. The van der Waals surface area contributed by atoms with E-state index in [4.69, 9.17) is 0 Å². The SMILES string of the molecule is O=C1CC2(CCN(Cc3ccccn3)CC2)CN1Cc1cccc(F)c1. The lowest BCUT2D eigenvalue weighted by Crippen LogP contribution is -2.41. The Balaban J connectivity index is 1.35. The van der Waals surface area contributed by atoms with E-state index in [1.54, 1.807) is 6.07 Å². The number of carbonyl (C=O) groups is 1. The molecule has 26 heavy (non-hydrogen) atoms. The zero-order valence-electron chi connectivity index (χ0n) is 14.9. The van der Waals surface area contributed by atoms with Crippen LogP contribution in [0.2, 0.25) is 0 Å². The molecule has 0 aliphatic carbocycles. The number of carbonyl (C=O) groups excluding carboxylic acids is 1. The number of piperidine rings is 1. The maximum absolute atomic E-state index is 13.4. The van der Waals surface area contributed by atoms with Crippen LogP contribution in [-0.2, 0) is 17.9 Å². The number of pyridine rings is 1. The lowest BCUT2D eigenvalue weighted by Gasteiger charge is -2.38. The highest BCUT2D eigenvalue weighted by atomic mass is 19.1. The first-order valence-electron chi connectivity index (χ1n) is 9.26. The van der Waals surface area contributed by atoms with Crippen molar-refractivity contribution < 1.29 is 9.18 Å². The van der Waals surface area contributed by atoms with Crippen LogP contribution in [-0.4, -0.2) is 40.3 Å². The molecule has 2 aliphatic rings. The topological polar surface area (TPSA) is 36.4 Å². The van der Waals surface area contributed by atoms with Crippen LogP contribution < -0.4 is 0 Å². The third-order valence-electron chi connectivity index (χ3n) is 5.70. The summed E-state index contributed by atoms with van der Waals surface area (Å²) in [6, 6.07) is 12.6. The summed E-state index contributed by atoms with van der Waals surface area (Å²) in [4.78, 5) is 21.3. The Morgan fingerprint density at radius 1 is 1.08 bits per heavy atom. The predicted octanol–water partition coefficient (Wildman–Crippen LogP) is 3.24. The van der Waals surface area contributed by atoms with Crippen molar-refractivity contribution in [3.8, 4) is 0 Å². The van der Waals surface area contributed by atoms with Gasteiger partial charge in [0.15, 0.2) is 0 Å². The van der Waals surface area contributed by atoms with E-state index in [9.17, 15) is 9.18 Å². The smallest absolute Gasteiger partial charge is 0.223 e. The molecule has 0 saturated carbocycles. The number of aromatic nitrogens is 1. The van der Waals surface area contributed by atoms with Gasteiger partial charge in [0.1, 0.15) is 5.82 Å². The first kappa shape index (κ1) is 17.2. The van der Waals surface area contributed by atoms with Gasteiger partial charge in [-0.05, 0) is 61.2 Å². The predicted molar refractivity (Wildman–Crippen MR) is 97.6 cm³/mol. The Morgan fingerprint density at radius 2 is 1.92 bits per heavy atom. The van der Waals surface area contributed by atoms with E-state index in [0.29, 0.717) is 13.0 Å². The van der Waals surface area contributed by atoms with Gasteiger partial charge >= 0.3 is 0 Å². The Labute approximate surface area is 153 Å². The standard InChI is InChI=1S/C21H24FN3O/c22-18-5-3-4-17(12-18)14-25-16-21(13-20(25)26)7-10-24(11-8-21)15-19-6-1-2-9-23-19/h1-6,9,12H,7-8,10-11,13-16H2. The minimum Gasteiger partial charge on any atom is -0.338 e. The third-order valence-corrected chi connectivity index (χ3v) is 5.70. The van der Waals surface area contributed by atoms with Crippen LogP contribution in [0.15, 0.2) is 48.7 Å². The number of likely N-dealkylation sites (tertiary alicyclic amines) is 2. The van der Waals surface area contributed by atoms with Crippen LogP contribution in [0.1, 0.15) is 30.5 Å². The quantitative estimate of drug-likeness (QED) is 0.847. The summed E-state index contributed by atoms with van der Waals surface area (Å²) in [7, 11) is 0. The van der Waals surface area contributed by atoms with Gasteiger partial charge in [0.25, 0.3) is 0 Å². The van der Waals surface area contributed by atoms with Crippen molar-refractivity contribution in [1.29, 1.82) is 0 Å². The summed E-state index contributed by atoms with van der Waals surface area (Å²) in [6.45, 7) is 4.17. The van der Waals surface area contributed by atoms with Crippen molar-refractivity contribution >= 4 is 5.91 Å². The molecule has 136 valence electrons. The lowest BCUT2D eigenvalue weighted by atomic mass is 9.77. The minimum atomic E-state index is -0.244. The second-order valence-electron chi connectivity index (χ2n) is 7.65. The molecule has 3 heterocycles. The monoisotopic (exact) mass is 353 g/mol. The average Bonchev–Trinajstić information content (AvgIpc) is 2.93. The van der Waals surface area contributed by atoms with Gasteiger partial charge in [0.05, 0.1) is 5.69 Å². The van der Waals surface area contributed by atoms with Crippen molar-refractivity contribution in [2.45, 2.75) is 32.4 Å². The largest absolute Gasteiger partial charge is 0.338 e. The normalized spacial score (nSPS) is 20.0. The van der Waals surface area contributed by atoms with Crippen molar-refractivity contribution in [2.24, 2.45) is 5.41 Å². The highest BCUT2D eigenvalue weighted by Crippen LogP contribution is 2.41. The summed E-state index contributed by atoms with van der Waals surface area (Å²) in [5.74, 6) is -0.0425. The number of rotatable bonds is 4. The zero-order chi connectivity index (χ0) is 18.0. The maximum atomic E-state index is 13.4. The van der Waals surface area contributed by atoms with Crippen molar-refractivity contribution in [3.63, 3.8) is 0 Å². The molecule has 4 nitrogen and oxygen atoms in total. The Kier molecular flexibility index (Phi) is 4.72. The van der Waals surface area contributed by atoms with Gasteiger partial charge in [-0.15, -0.1) is 0 Å². The van der Waals surface area contributed by atoms with E-state index >= 15 is 0 Å². The molecular weight excluding hydrogens is 329 g/mol. The van der Waals surface area contributed by atoms with Gasteiger partial charge in [-0.3, -0.25) is 14.7 Å². The molecule has 2 fully saturated rings. The molecule has 2 aromatic rings. The van der Waals surface area contributed by atoms with Gasteiger partial charge in [-0.2, -0.15) is 0 Å². The van der Waals surface area contributed by atoms with E-state index in [1.165, 1.54) is 12.1 Å². The minimum absolute atomic E-state index is 0.0883. The second-order valence-corrected chi connectivity index (χ2v) is 7.65. The number of hydrogen-bond donors (Lipinski definition) is 0. The summed E-state index contributed by atoms with van der Waals surface area (Å²) >= 11 is 0. The molecular formula is C21H24FN3O. The van der Waals surface area contributed by atoms with E-state index in [-0.39, 0.29) is 17.1 Å². The van der Waals surface area contributed by atoms with Gasteiger partial charge in [-0.25, -0.2) is 4.39 Å². The first-order chi connectivity index (χ1) is 12.6. The Hall–Kier alpha value is -2.27. The number of halogens is 1. The Bertz CT molecular complexity index is 772. The summed E-state index contributed by atoms with van der Waals surface area (Å²) in [5, 5.41) is 0. The van der Waals surface area contributed by atoms with Crippen LogP contribution in [0.5, 0.6) is 0 Å². The van der Waals surface area contributed by atoms with Crippen LogP contribution in [0.3, 0.4) is 0 Å². The number of hydrogen-bond acceptors (Lipinski definition) is 3. The third kappa shape index (κ3) is 3.78. The second kappa shape index (κ2) is 7.16. The molecule has 0 atom stereocenters. The highest BCUT2D eigenvalue weighted by molar-refractivity contribution is 5.79. The fraction of sp³-hybridized carbons (Fsp3) is 0.429. The molecule has 0 unspecified atom stereocenters. The van der Waals surface area contributed by atoms with Crippen molar-refractivity contribution in [2.75, 3.05) is 19.6 Å². The van der Waals surface area contributed by atoms with Crippen molar-refractivity contribution in [1.82, 2.24) is 14.8 Å². The molecule has 4 rings (SSSR count). The molecule has 2 aliphatic heterocycles. The summed E-state index contributed by atoms with van der Waals surface area (Å²) in [5.41, 5.74) is 2.05. The Morgan fingerprint density at radius 3 is 2.65 bits per heavy atom. The number of amides is 1. The van der Waals surface area contributed by atoms with Gasteiger partial charge in [0.2, 0.25) is 5.91 Å². The number of benzene rings is 1. The van der Waals surface area contributed by atoms with Gasteiger partial charge in [0, 0.05) is 32.3 Å². The summed E-state index contributed by atoms with van der Waals surface area (Å²) < 4.78 is 13.4. The van der Waals surface area contributed by atoms with Crippen molar-refractivity contribution in [3.05, 3.63) is 65.7 Å². The zero-order valence-corrected chi connectivity index (χ0v) is 14.9.